The predicted octanol–water partition coefficient (Wildman–Crippen LogP) is 3.93. The monoisotopic (exact) mass is 346 g/mol. The molecular formula is C19H26N2O4. The highest BCUT2D eigenvalue weighted by Gasteiger charge is 2.22. The van der Waals surface area contributed by atoms with Gasteiger partial charge in [0.2, 0.25) is 0 Å². The lowest BCUT2D eigenvalue weighted by molar-refractivity contribution is 0.0126. The third kappa shape index (κ3) is 4.12. The number of carbonyl (C=O) groups excluding carboxylic acids is 1. The zero-order chi connectivity index (χ0) is 18.0. The van der Waals surface area contributed by atoms with Crippen molar-refractivity contribution in [2.45, 2.75) is 65.3 Å². The third-order valence-electron chi connectivity index (χ3n) is 4.01. The molecule has 1 aliphatic heterocycles. The maximum atomic E-state index is 12.4. The maximum Gasteiger partial charge on any atom is 0.343 e. The van der Waals surface area contributed by atoms with Crippen LogP contribution >= 0.6 is 0 Å². The topological polar surface area (TPSA) is 62.1 Å². The molecule has 1 atom stereocenters. The summed E-state index contributed by atoms with van der Waals surface area (Å²) in [6.45, 7) is 8.28. The van der Waals surface area contributed by atoms with Crippen LogP contribution in [0.2, 0.25) is 0 Å². The lowest BCUT2D eigenvalue weighted by atomic mass is 10.1. The van der Waals surface area contributed by atoms with Crippen LogP contribution in [0, 0.1) is 0 Å². The predicted molar refractivity (Wildman–Crippen MR) is 94.1 cm³/mol. The summed E-state index contributed by atoms with van der Waals surface area (Å²) in [7, 11) is 0. The molecule has 0 amide bonds. The van der Waals surface area contributed by atoms with Gasteiger partial charge in [-0.05, 0) is 47.0 Å². The Morgan fingerprint density at radius 2 is 2.04 bits per heavy atom. The molecule has 3 heterocycles. The molecule has 1 aliphatic rings. The lowest BCUT2D eigenvalue weighted by Crippen LogP contribution is -2.16. The highest BCUT2D eigenvalue weighted by molar-refractivity contribution is 5.93. The van der Waals surface area contributed by atoms with Gasteiger partial charge in [-0.25, -0.2) is 9.78 Å². The van der Waals surface area contributed by atoms with E-state index in [-0.39, 0.29) is 18.3 Å². The van der Waals surface area contributed by atoms with Crippen LogP contribution in [0.25, 0.3) is 5.65 Å². The number of carbonyl (C=O) groups is 1. The molecule has 1 saturated heterocycles. The van der Waals surface area contributed by atoms with E-state index in [1.807, 2.05) is 38.3 Å². The van der Waals surface area contributed by atoms with Gasteiger partial charge in [0.15, 0.2) is 0 Å². The molecule has 0 aromatic carbocycles. The normalized spacial score (nSPS) is 18.1. The molecule has 0 bridgehead atoms. The van der Waals surface area contributed by atoms with Gasteiger partial charge in [-0.3, -0.25) is 0 Å². The summed E-state index contributed by atoms with van der Waals surface area (Å²) in [6.07, 6.45) is 6.66. The number of ether oxygens (including phenoxy) is 3. The van der Waals surface area contributed by atoms with Gasteiger partial charge in [0, 0.05) is 25.1 Å². The van der Waals surface area contributed by atoms with Gasteiger partial charge in [0.05, 0.1) is 17.9 Å². The van der Waals surface area contributed by atoms with Gasteiger partial charge in [0.1, 0.15) is 23.1 Å². The van der Waals surface area contributed by atoms with Crippen molar-refractivity contribution in [2.24, 2.45) is 0 Å². The first kappa shape index (κ1) is 17.7. The average molecular weight is 346 g/mol. The Morgan fingerprint density at radius 3 is 2.68 bits per heavy atom. The van der Waals surface area contributed by atoms with Crippen LogP contribution in [0.3, 0.4) is 0 Å². The van der Waals surface area contributed by atoms with E-state index < -0.39 is 5.97 Å². The van der Waals surface area contributed by atoms with E-state index in [1.54, 1.807) is 12.3 Å². The van der Waals surface area contributed by atoms with E-state index in [0.717, 1.165) is 37.2 Å². The number of hydrogen-bond donors (Lipinski definition) is 0. The Kier molecular flexibility index (Phi) is 5.27. The van der Waals surface area contributed by atoms with Gasteiger partial charge < -0.3 is 18.6 Å². The highest BCUT2D eigenvalue weighted by atomic mass is 16.5. The summed E-state index contributed by atoms with van der Waals surface area (Å²) < 4.78 is 18.8. The summed E-state index contributed by atoms with van der Waals surface area (Å²) in [6, 6.07) is 1.79. The van der Waals surface area contributed by atoms with Crippen molar-refractivity contribution in [3.05, 3.63) is 29.7 Å². The van der Waals surface area contributed by atoms with Crippen LogP contribution in [-0.4, -0.2) is 34.2 Å². The second-order valence-electron chi connectivity index (χ2n) is 6.96. The minimum atomic E-state index is -0.392. The van der Waals surface area contributed by atoms with Crippen molar-refractivity contribution in [2.75, 3.05) is 6.61 Å². The Labute approximate surface area is 148 Å². The summed E-state index contributed by atoms with van der Waals surface area (Å²) >= 11 is 0. The van der Waals surface area contributed by atoms with Crippen molar-refractivity contribution in [3.8, 4) is 5.75 Å². The zero-order valence-corrected chi connectivity index (χ0v) is 15.3. The Bertz CT molecular complexity index is 745. The van der Waals surface area contributed by atoms with Gasteiger partial charge in [0.25, 0.3) is 0 Å². The van der Waals surface area contributed by atoms with Crippen LogP contribution in [-0.2, 0) is 9.47 Å². The molecule has 25 heavy (non-hydrogen) atoms. The summed E-state index contributed by atoms with van der Waals surface area (Å²) in [4.78, 5) is 17.1. The molecule has 6 heteroatoms. The summed E-state index contributed by atoms with van der Waals surface area (Å²) in [5.74, 6) is 0.103. The zero-order valence-electron chi connectivity index (χ0n) is 15.3. The Balaban J connectivity index is 1.99. The Hall–Kier alpha value is -2.08. The number of pyridine rings is 1. The third-order valence-corrected chi connectivity index (χ3v) is 4.01. The largest absolute Gasteiger partial charge is 0.490 e. The van der Waals surface area contributed by atoms with Crippen LogP contribution in [0.1, 0.15) is 69.1 Å². The van der Waals surface area contributed by atoms with Gasteiger partial charge in [-0.15, -0.1) is 0 Å². The standard InChI is InChI=1S/C19H26N2O4/c1-12(2)24-17-9-18-20-15(16-7-5-6-8-23-16)11-21(18)10-14(17)19(22)25-13(3)4/h9-13,16H,5-8H2,1-4H3. The van der Waals surface area contributed by atoms with Gasteiger partial charge in [-0.2, -0.15) is 0 Å². The van der Waals surface area contributed by atoms with E-state index in [0.29, 0.717) is 11.3 Å². The fourth-order valence-corrected chi connectivity index (χ4v) is 2.95. The molecule has 1 fully saturated rings. The summed E-state index contributed by atoms with van der Waals surface area (Å²) in [5, 5.41) is 0. The second-order valence-corrected chi connectivity index (χ2v) is 6.96. The number of rotatable bonds is 5. The van der Waals surface area contributed by atoms with Crippen molar-refractivity contribution in [3.63, 3.8) is 0 Å². The fourth-order valence-electron chi connectivity index (χ4n) is 2.95. The van der Waals surface area contributed by atoms with E-state index in [9.17, 15) is 4.79 Å². The lowest BCUT2D eigenvalue weighted by Gasteiger charge is -2.20. The molecule has 3 rings (SSSR count). The number of nitrogens with zero attached hydrogens (tertiary/aromatic N) is 2. The number of imidazole rings is 1. The first-order valence-corrected chi connectivity index (χ1v) is 8.96. The molecular weight excluding hydrogens is 320 g/mol. The maximum absolute atomic E-state index is 12.4. The first-order valence-electron chi connectivity index (χ1n) is 8.96. The van der Waals surface area contributed by atoms with Crippen molar-refractivity contribution in [1.29, 1.82) is 0 Å². The van der Waals surface area contributed by atoms with Crippen LogP contribution in [0.15, 0.2) is 18.5 Å². The molecule has 2 aromatic rings. The van der Waals surface area contributed by atoms with Crippen molar-refractivity contribution in [1.82, 2.24) is 9.38 Å². The van der Waals surface area contributed by atoms with Crippen LogP contribution in [0.5, 0.6) is 5.75 Å². The number of fused-ring (bicyclic) bond motifs is 1. The molecule has 0 saturated carbocycles. The smallest absolute Gasteiger partial charge is 0.343 e. The second kappa shape index (κ2) is 7.44. The number of hydrogen-bond acceptors (Lipinski definition) is 5. The molecule has 2 aromatic heterocycles. The molecule has 0 aliphatic carbocycles. The van der Waals surface area contributed by atoms with Crippen molar-refractivity contribution >= 4 is 11.6 Å². The van der Waals surface area contributed by atoms with E-state index in [1.165, 1.54) is 0 Å². The number of esters is 1. The van der Waals surface area contributed by atoms with Crippen LogP contribution < -0.4 is 4.74 Å². The average Bonchev–Trinajstić information content (AvgIpc) is 2.96. The highest BCUT2D eigenvalue weighted by Crippen LogP contribution is 2.29. The summed E-state index contributed by atoms with van der Waals surface area (Å²) in [5.41, 5.74) is 2.04. The van der Waals surface area contributed by atoms with Crippen molar-refractivity contribution < 1.29 is 19.0 Å². The molecule has 0 spiro atoms. The fraction of sp³-hybridized carbons (Fsp3) is 0.579. The quantitative estimate of drug-likeness (QED) is 0.768. The molecule has 6 nitrogen and oxygen atoms in total. The van der Waals surface area contributed by atoms with E-state index in [2.05, 4.69) is 4.98 Å². The Morgan fingerprint density at radius 1 is 1.24 bits per heavy atom. The minimum Gasteiger partial charge on any atom is -0.490 e. The number of aromatic nitrogens is 2. The minimum absolute atomic E-state index is 0.0224. The molecule has 0 radical (unpaired) electrons. The molecule has 1 unspecified atom stereocenters. The van der Waals surface area contributed by atoms with E-state index >= 15 is 0 Å². The SMILES string of the molecule is CC(C)OC(=O)c1cn2cc(C3CCCCO3)nc2cc1OC(C)C. The van der Waals surface area contributed by atoms with Gasteiger partial charge >= 0.3 is 5.97 Å². The van der Waals surface area contributed by atoms with Gasteiger partial charge in [-0.1, -0.05) is 0 Å². The van der Waals surface area contributed by atoms with E-state index in [4.69, 9.17) is 14.2 Å². The molecule has 0 N–H and O–H groups in total. The molecule has 136 valence electrons. The van der Waals surface area contributed by atoms with Crippen LogP contribution in [0.4, 0.5) is 0 Å². The first-order chi connectivity index (χ1) is 11.9.